The number of hydrogen-bond donors (Lipinski definition) is 1. The lowest BCUT2D eigenvalue weighted by molar-refractivity contribution is -0.143. The van der Waals surface area contributed by atoms with Crippen molar-refractivity contribution in [3.05, 3.63) is 34.3 Å². The fourth-order valence-electron chi connectivity index (χ4n) is 2.40. The van der Waals surface area contributed by atoms with E-state index in [2.05, 4.69) is 0 Å². The summed E-state index contributed by atoms with van der Waals surface area (Å²) in [6, 6.07) is 5.12. The molecule has 1 fully saturated rings. The van der Waals surface area contributed by atoms with Crippen LogP contribution in [-0.4, -0.2) is 35.0 Å². The van der Waals surface area contributed by atoms with Gasteiger partial charge in [0.2, 0.25) is 0 Å². The lowest BCUT2D eigenvalue weighted by atomic mass is 9.97. The molecule has 1 aliphatic rings. The number of carbonyl (C=O) groups is 2. The van der Waals surface area contributed by atoms with Gasteiger partial charge in [-0.2, -0.15) is 0 Å². The molecule has 1 amide bonds. The Hall–Kier alpha value is -1.55. The van der Waals surface area contributed by atoms with Crippen LogP contribution < -0.4 is 0 Å². The van der Waals surface area contributed by atoms with Gasteiger partial charge in [0, 0.05) is 23.7 Å². The average Bonchev–Trinajstić information content (AvgIpc) is 2.38. The van der Waals surface area contributed by atoms with E-state index in [0.717, 1.165) is 12.0 Å². The van der Waals surface area contributed by atoms with Gasteiger partial charge in [-0.1, -0.05) is 11.6 Å². The number of nitrogens with zero attached hydrogens (tertiary/aromatic N) is 1. The monoisotopic (exact) mass is 281 g/mol. The number of benzene rings is 1. The van der Waals surface area contributed by atoms with Crippen molar-refractivity contribution in [1.82, 2.24) is 4.90 Å². The quantitative estimate of drug-likeness (QED) is 0.906. The molecule has 0 aliphatic carbocycles. The number of halogens is 1. The highest BCUT2D eigenvalue weighted by atomic mass is 35.5. The summed E-state index contributed by atoms with van der Waals surface area (Å²) in [5, 5.41) is 9.64. The largest absolute Gasteiger partial charge is 0.481 e. The van der Waals surface area contributed by atoms with Crippen LogP contribution in [0.1, 0.15) is 28.8 Å². The lowest BCUT2D eigenvalue weighted by Crippen LogP contribution is -2.42. The molecule has 1 aromatic rings. The molecule has 0 aromatic heterocycles. The number of aliphatic carboxylic acids is 1. The van der Waals surface area contributed by atoms with Gasteiger partial charge in [-0.05, 0) is 43.5 Å². The molecule has 1 aliphatic heterocycles. The van der Waals surface area contributed by atoms with Crippen molar-refractivity contribution in [3.8, 4) is 0 Å². The summed E-state index contributed by atoms with van der Waals surface area (Å²) in [7, 11) is 0. The minimum atomic E-state index is -0.828. The van der Waals surface area contributed by atoms with Crippen LogP contribution >= 0.6 is 11.6 Å². The molecule has 0 spiro atoms. The number of amides is 1. The number of rotatable bonds is 2. The van der Waals surface area contributed by atoms with E-state index in [0.29, 0.717) is 23.6 Å². The highest BCUT2D eigenvalue weighted by Crippen LogP contribution is 2.21. The first-order valence-electron chi connectivity index (χ1n) is 6.27. The minimum Gasteiger partial charge on any atom is -0.481 e. The Bertz CT molecular complexity index is 515. The summed E-state index contributed by atoms with van der Waals surface area (Å²) in [4.78, 5) is 25.0. The summed E-state index contributed by atoms with van der Waals surface area (Å²) < 4.78 is 0. The molecule has 1 atom stereocenters. The number of likely N-dealkylation sites (tertiary alicyclic amines) is 1. The van der Waals surface area contributed by atoms with E-state index >= 15 is 0 Å². The van der Waals surface area contributed by atoms with E-state index in [-0.39, 0.29) is 12.5 Å². The highest BCUT2D eigenvalue weighted by Gasteiger charge is 2.29. The number of hydrogen-bond acceptors (Lipinski definition) is 2. The highest BCUT2D eigenvalue weighted by molar-refractivity contribution is 6.30. The number of piperidine rings is 1. The molecular weight excluding hydrogens is 266 g/mol. The normalized spacial score (nSPS) is 19.3. The Kier molecular flexibility index (Phi) is 4.10. The molecule has 19 heavy (non-hydrogen) atoms. The standard InChI is InChI=1S/C14H16ClNO3/c1-9-7-11(15)4-5-12(9)13(17)16-6-2-3-10(8-16)14(18)19/h4-5,7,10H,2-3,6,8H2,1H3,(H,18,19)/t10-/m0/s1. The van der Waals surface area contributed by atoms with Crippen LogP contribution in [0.3, 0.4) is 0 Å². The molecule has 0 saturated carbocycles. The van der Waals surface area contributed by atoms with Gasteiger partial charge in [0.05, 0.1) is 5.92 Å². The summed E-state index contributed by atoms with van der Waals surface area (Å²) in [5.41, 5.74) is 1.41. The molecule has 1 aromatic carbocycles. The van der Waals surface area contributed by atoms with E-state index < -0.39 is 11.9 Å². The van der Waals surface area contributed by atoms with Gasteiger partial charge in [0.15, 0.2) is 0 Å². The van der Waals surface area contributed by atoms with Gasteiger partial charge in [0.25, 0.3) is 5.91 Å². The van der Waals surface area contributed by atoms with Crippen LogP contribution in [0.4, 0.5) is 0 Å². The zero-order chi connectivity index (χ0) is 14.0. The maximum atomic E-state index is 12.4. The Morgan fingerprint density at radius 2 is 2.16 bits per heavy atom. The first kappa shape index (κ1) is 13.9. The smallest absolute Gasteiger partial charge is 0.308 e. The van der Waals surface area contributed by atoms with Crippen LogP contribution in [0.25, 0.3) is 0 Å². The Morgan fingerprint density at radius 1 is 1.42 bits per heavy atom. The third kappa shape index (κ3) is 3.07. The first-order chi connectivity index (χ1) is 8.99. The second-order valence-corrected chi connectivity index (χ2v) is 5.32. The van der Waals surface area contributed by atoms with Crippen molar-refractivity contribution in [2.45, 2.75) is 19.8 Å². The number of carbonyl (C=O) groups excluding carboxylic acids is 1. The number of carboxylic acid groups (broad SMARTS) is 1. The van der Waals surface area contributed by atoms with Crippen molar-refractivity contribution in [2.75, 3.05) is 13.1 Å². The van der Waals surface area contributed by atoms with Gasteiger partial charge in [-0.25, -0.2) is 0 Å². The fraction of sp³-hybridized carbons (Fsp3) is 0.429. The third-order valence-electron chi connectivity index (χ3n) is 3.48. The van der Waals surface area contributed by atoms with Crippen molar-refractivity contribution in [2.24, 2.45) is 5.92 Å². The SMILES string of the molecule is Cc1cc(Cl)ccc1C(=O)N1CCC[C@H](C(=O)O)C1. The molecular formula is C14H16ClNO3. The summed E-state index contributed by atoms with van der Waals surface area (Å²) in [5.74, 6) is -1.39. The molecule has 1 saturated heterocycles. The van der Waals surface area contributed by atoms with Gasteiger partial charge in [0.1, 0.15) is 0 Å². The molecule has 4 nitrogen and oxygen atoms in total. The van der Waals surface area contributed by atoms with Crippen molar-refractivity contribution in [3.63, 3.8) is 0 Å². The molecule has 102 valence electrons. The van der Waals surface area contributed by atoms with Gasteiger partial charge < -0.3 is 10.0 Å². The molecule has 0 radical (unpaired) electrons. The zero-order valence-corrected chi connectivity index (χ0v) is 11.5. The van der Waals surface area contributed by atoms with E-state index in [1.54, 1.807) is 23.1 Å². The van der Waals surface area contributed by atoms with Crippen molar-refractivity contribution in [1.29, 1.82) is 0 Å². The summed E-state index contributed by atoms with van der Waals surface area (Å²) in [6.45, 7) is 2.73. The number of carboxylic acids is 1. The van der Waals surface area contributed by atoms with Crippen LogP contribution in [0.15, 0.2) is 18.2 Å². The summed E-state index contributed by atoms with van der Waals surface area (Å²) >= 11 is 5.87. The van der Waals surface area contributed by atoms with Gasteiger partial charge >= 0.3 is 5.97 Å². The van der Waals surface area contributed by atoms with E-state index in [1.165, 1.54) is 0 Å². The second-order valence-electron chi connectivity index (χ2n) is 4.89. The molecule has 1 N–H and O–H groups in total. The van der Waals surface area contributed by atoms with Crippen LogP contribution in [0.2, 0.25) is 5.02 Å². The van der Waals surface area contributed by atoms with E-state index in [9.17, 15) is 9.59 Å². The second kappa shape index (κ2) is 5.61. The molecule has 0 bridgehead atoms. The minimum absolute atomic E-state index is 0.111. The fourth-order valence-corrected chi connectivity index (χ4v) is 2.63. The predicted molar refractivity (Wildman–Crippen MR) is 72.5 cm³/mol. The Balaban J connectivity index is 2.17. The van der Waals surface area contributed by atoms with Crippen molar-refractivity contribution < 1.29 is 14.7 Å². The van der Waals surface area contributed by atoms with Crippen LogP contribution in [0, 0.1) is 12.8 Å². The molecule has 0 unspecified atom stereocenters. The summed E-state index contributed by atoms with van der Waals surface area (Å²) in [6.07, 6.45) is 1.37. The maximum Gasteiger partial charge on any atom is 0.308 e. The van der Waals surface area contributed by atoms with Crippen LogP contribution in [0.5, 0.6) is 0 Å². The zero-order valence-electron chi connectivity index (χ0n) is 10.7. The predicted octanol–water partition coefficient (Wildman–Crippen LogP) is 2.59. The van der Waals surface area contributed by atoms with E-state index in [4.69, 9.17) is 16.7 Å². The molecule has 5 heteroatoms. The molecule has 2 rings (SSSR count). The van der Waals surface area contributed by atoms with E-state index in [1.807, 2.05) is 6.92 Å². The van der Waals surface area contributed by atoms with Crippen molar-refractivity contribution >= 4 is 23.5 Å². The maximum absolute atomic E-state index is 12.4. The first-order valence-corrected chi connectivity index (χ1v) is 6.65. The average molecular weight is 282 g/mol. The molecule has 1 heterocycles. The Labute approximate surface area is 117 Å². The van der Waals surface area contributed by atoms with Gasteiger partial charge in [-0.15, -0.1) is 0 Å². The van der Waals surface area contributed by atoms with Gasteiger partial charge in [-0.3, -0.25) is 9.59 Å². The Morgan fingerprint density at radius 3 is 2.79 bits per heavy atom. The topological polar surface area (TPSA) is 57.6 Å². The van der Waals surface area contributed by atoms with Crippen LogP contribution in [-0.2, 0) is 4.79 Å². The number of aryl methyl sites for hydroxylation is 1. The lowest BCUT2D eigenvalue weighted by Gasteiger charge is -2.31. The third-order valence-corrected chi connectivity index (χ3v) is 3.71.